The van der Waals surface area contributed by atoms with Gasteiger partial charge in [-0.2, -0.15) is 0 Å². The number of rotatable bonds is 4. The average molecular weight is 364 g/mol. The molecule has 1 aromatic carbocycles. The Morgan fingerprint density at radius 3 is 2.57 bits per heavy atom. The Bertz CT molecular complexity index is 694. The lowest BCUT2D eigenvalue weighted by atomic mass is 9.97. The molecular weight excluding hydrogens is 342 g/mol. The van der Waals surface area contributed by atoms with Crippen molar-refractivity contribution >= 4 is 28.1 Å². The molecule has 1 aliphatic rings. The maximum Gasteiger partial charge on any atom is 0.271 e. The van der Waals surface area contributed by atoms with Crippen LogP contribution in [0, 0.1) is 29.9 Å². The molecule has 2 rings (SSSR count). The molecule has 2 unspecified atom stereocenters. The largest absolute Gasteiger partial charge is 0.316 e. The Labute approximate surface area is 142 Å². The molecule has 0 aromatic heterocycles. The summed E-state index contributed by atoms with van der Waals surface area (Å²) in [5.74, 6) is 0.170. The number of aryl methyl sites for hydroxylation is 1. The molecule has 1 aromatic rings. The molecule has 1 fully saturated rings. The minimum atomic E-state index is -3.78. The minimum Gasteiger partial charge on any atom is -0.316 e. The summed E-state index contributed by atoms with van der Waals surface area (Å²) in [5.41, 5.74) is 0.925. The third kappa shape index (κ3) is 4.41. The number of hydrogen-bond donors (Lipinski definition) is 2. The van der Waals surface area contributed by atoms with Gasteiger partial charge in [0.05, 0.1) is 9.82 Å². The van der Waals surface area contributed by atoms with E-state index < -0.39 is 14.9 Å². The van der Waals surface area contributed by atoms with Crippen LogP contribution < -0.4 is 10.0 Å². The second kappa shape index (κ2) is 7.57. The Kier molecular flexibility index (Phi) is 6.52. The van der Waals surface area contributed by atoms with Gasteiger partial charge in [0.1, 0.15) is 0 Å². The predicted molar refractivity (Wildman–Crippen MR) is 90.6 cm³/mol. The van der Waals surface area contributed by atoms with Crippen molar-refractivity contribution < 1.29 is 13.3 Å². The molecule has 1 aliphatic heterocycles. The first-order chi connectivity index (χ1) is 10.2. The molecule has 0 saturated carbocycles. The van der Waals surface area contributed by atoms with Crippen LogP contribution in [0.15, 0.2) is 17.0 Å². The minimum absolute atomic E-state index is 0. The van der Waals surface area contributed by atoms with Gasteiger partial charge in [-0.1, -0.05) is 6.92 Å². The van der Waals surface area contributed by atoms with Crippen molar-refractivity contribution in [3.63, 3.8) is 0 Å². The van der Waals surface area contributed by atoms with Gasteiger partial charge >= 0.3 is 0 Å². The molecule has 1 saturated heterocycles. The van der Waals surface area contributed by atoms with Gasteiger partial charge in [0.25, 0.3) is 5.69 Å². The monoisotopic (exact) mass is 363 g/mol. The van der Waals surface area contributed by atoms with Crippen LogP contribution in [0.1, 0.15) is 24.5 Å². The normalized spacial score (nSPS) is 21.5. The molecule has 2 N–H and O–H groups in total. The number of sulfonamides is 1. The quantitative estimate of drug-likeness (QED) is 0.628. The van der Waals surface area contributed by atoms with E-state index in [-0.39, 0.29) is 34.9 Å². The number of nitro benzene ring substituents is 1. The Morgan fingerprint density at radius 1 is 1.35 bits per heavy atom. The summed E-state index contributed by atoms with van der Waals surface area (Å²) in [6, 6.07) is 2.36. The lowest BCUT2D eigenvalue weighted by Gasteiger charge is -2.30. The maximum atomic E-state index is 12.6. The van der Waals surface area contributed by atoms with E-state index in [1.54, 1.807) is 13.8 Å². The van der Waals surface area contributed by atoms with Gasteiger partial charge in [0, 0.05) is 18.2 Å². The highest BCUT2D eigenvalue weighted by molar-refractivity contribution is 7.89. The molecule has 0 bridgehead atoms. The number of nitrogens with one attached hydrogen (secondary N) is 2. The van der Waals surface area contributed by atoms with Crippen LogP contribution in [0.4, 0.5) is 5.69 Å². The fourth-order valence-corrected chi connectivity index (χ4v) is 4.36. The number of nitro groups is 1. The van der Waals surface area contributed by atoms with E-state index in [0.717, 1.165) is 19.2 Å². The van der Waals surface area contributed by atoms with Crippen LogP contribution in [0.3, 0.4) is 0 Å². The standard InChI is InChI=1S/C14H21N3O4S.ClH/c1-9-6-12(17(18)19)7-14(11(9)3)22(20,21)16-13-4-5-15-8-10(13)2;/h6-7,10,13,15-16H,4-5,8H2,1-3H3;1H. The number of halogens is 1. The van der Waals surface area contributed by atoms with Gasteiger partial charge in [0.15, 0.2) is 0 Å². The van der Waals surface area contributed by atoms with Crippen molar-refractivity contribution in [1.82, 2.24) is 10.0 Å². The predicted octanol–water partition coefficient (Wildman–Crippen LogP) is 1.91. The molecule has 23 heavy (non-hydrogen) atoms. The average Bonchev–Trinajstić information content (AvgIpc) is 2.43. The summed E-state index contributed by atoms with van der Waals surface area (Å²) in [6.45, 7) is 6.82. The summed E-state index contributed by atoms with van der Waals surface area (Å²) in [6.07, 6.45) is 0.702. The zero-order valence-corrected chi connectivity index (χ0v) is 15.0. The van der Waals surface area contributed by atoms with Gasteiger partial charge in [-0.3, -0.25) is 10.1 Å². The highest BCUT2D eigenvalue weighted by Crippen LogP contribution is 2.26. The first-order valence-electron chi connectivity index (χ1n) is 7.21. The van der Waals surface area contributed by atoms with Crippen molar-refractivity contribution in [2.75, 3.05) is 13.1 Å². The fraction of sp³-hybridized carbons (Fsp3) is 0.571. The first-order valence-corrected chi connectivity index (χ1v) is 8.69. The van der Waals surface area contributed by atoms with Crippen molar-refractivity contribution in [1.29, 1.82) is 0 Å². The van der Waals surface area contributed by atoms with Crippen molar-refractivity contribution in [3.8, 4) is 0 Å². The van der Waals surface area contributed by atoms with E-state index in [2.05, 4.69) is 10.0 Å². The van der Waals surface area contributed by atoms with Crippen LogP contribution >= 0.6 is 12.4 Å². The molecule has 1 heterocycles. The summed E-state index contributed by atoms with van der Waals surface area (Å²) >= 11 is 0. The van der Waals surface area contributed by atoms with Crippen molar-refractivity contribution in [3.05, 3.63) is 33.4 Å². The fourth-order valence-electron chi connectivity index (χ4n) is 2.65. The number of hydrogen-bond acceptors (Lipinski definition) is 5. The third-order valence-electron chi connectivity index (χ3n) is 4.20. The molecule has 2 atom stereocenters. The second-order valence-electron chi connectivity index (χ2n) is 5.84. The summed E-state index contributed by atoms with van der Waals surface area (Å²) in [7, 11) is -3.78. The second-order valence-corrected chi connectivity index (χ2v) is 7.52. The molecule has 0 amide bonds. The zero-order valence-electron chi connectivity index (χ0n) is 13.3. The van der Waals surface area contributed by atoms with Gasteiger partial charge in [-0.05, 0) is 50.4 Å². The van der Waals surface area contributed by atoms with E-state index in [4.69, 9.17) is 0 Å². The van der Waals surface area contributed by atoms with Crippen molar-refractivity contribution in [2.45, 2.75) is 38.1 Å². The lowest BCUT2D eigenvalue weighted by Crippen LogP contribution is -2.48. The van der Waals surface area contributed by atoms with E-state index in [9.17, 15) is 18.5 Å². The Morgan fingerprint density at radius 2 is 2.00 bits per heavy atom. The summed E-state index contributed by atoms with van der Waals surface area (Å²) in [5, 5.41) is 14.2. The van der Waals surface area contributed by atoms with Crippen molar-refractivity contribution in [2.24, 2.45) is 5.92 Å². The molecular formula is C14H22ClN3O4S. The maximum absolute atomic E-state index is 12.6. The lowest BCUT2D eigenvalue weighted by molar-refractivity contribution is -0.385. The molecule has 7 nitrogen and oxygen atoms in total. The number of benzene rings is 1. The van der Waals surface area contributed by atoms with Crippen LogP contribution in [0.25, 0.3) is 0 Å². The topological polar surface area (TPSA) is 101 Å². The highest BCUT2D eigenvalue weighted by Gasteiger charge is 2.29. The first kappa shape index (κ1) is 19.8. The smallest absolute Gasteiger partial charge is 0.271 e. The van der Waals surface area contributed by atoms with E-state index in [1.165, 1.54) is 6.07 Å². The third-order valence-corrected chi connectivity index (χ3v) is 5.81. The Hall–Kier alpha value is -1.22. The summed E-state index contributed by atoms with van der Waals surface area (Å²) < 4.78 is 28.0. The SMILES string of the molecule is Cc1cc([N+](=O)[O-])cc(S(=O)(=O)NC2CCNCC2C)c1C.Cl. The van der Waals surface area contributed by atoms with E-state index in [1.807, 2.05) is 6.92 Å². The zero-order chi connectivity index (χ0) is 16.5. The van der Waals surface area contributed by atoms with Crippen LogP contribution in [0.5, 0.6) is 0 Å². The number of non-ortho nitro benzene ring substituents is 1. The van der Waals surface area contributed by atoms with E-state index >= 15 is 0 Å². The highest BCUT2D eigenvalue weighted by atomic mass is 35.5. The van der Waals surface area contributed by atoms with Gasteiger partial charge in [-0.15, -0.1) is 12.4 Å². The Balaban J connectivity index is 0.00000264. The molecule has 0 spiro atoms. The van der Waals surface area contributed by atoms with Crippen LogP contribution in [-0.2, 0) is 10.0 Å². The summed E-state index contributed by atoms with van der Waals surface area (Å²) in [4.78, 5) is 10.4. The van der Waals surface area contributed by atoms with Crippen LogP contribution in [-0.4, -0.2) is 32.5 Å². The molecule has 0 radical (unpaired) electrons. The molecule has 0 aliphatic carbocycles. The molecule has 130 valence electrons. The number of nitrogens with zero attached hydrogens (tertiary/aromatic N) is 1. The van der Waals surface area contributed by atoms with Gasteiger partial charge < -0.3 is 5.32 Å². The number of piperidine rings is 1. The van der Waals surface area contributed by atoms with Gasteiger partial charge in [-0.25, -0.2) is 13.1 Å². The van der Waals surface area contributed by atoms with E-state index in [0.29, 0.717) is 17.5 Å². The molecule has 9 heteroatoms. The van der Waals surface area contributed by atoms with Gasteiger partial charge in [0.2, 0.25) is 10.0 Å². The van der Waals surface area contributed by atoms with Crippen LogP contribution in [0.2, 0.25) is 0 Å².